The number of aldehydes is 1. The molecule has 0 bridgehead atoms. The average molecular weight is 181 g/mol. The molecule has 0 N–H and O–H groups in total. The standard InChI is InChI=1S/C9H15N3O/c1-4-7(5-2)9-8(6-13)10-11-12(9)3/h6-7H,4-5H2,1-3H3. The van der Waals surface area contributed by atoms with E-state index >= 15 is 0 Å². The van der Waals surface area contributed by atoms with E-state index in [1.165, 1.54) is 0 Å². The van der Waals surface area contributed by atoms with E-state index in [1.807, 2.05) is 7.05 Å². The van der Waals surface area contributed by atoms with Crippen LogP contribution >= 0.6 is 0 Å². The zero-order chi connectivity index (χ0) is 9.84. The van der Waals surface area contributed by atoms with Gasteiger partial charge < -0.3 is 0 Å². The van der Waals surface area contributed by atoms with E-state index in [4.69, 9.17) is 0 Å². The smallest absolute Gasteiger partial charge is 0.172 e. The molecule has 0 spiro atoms. The summed E-state index contributed by atoms with van der Waals surface area (Å²) in [6.45, 7) is 4.21. The predicted octanol–water partition coefficient (Wildman–Crippen LogP) is 1.53. The zero-order valence-electron chi connectivity index (χ0n) is 8.32. The second-order valence-corrected chi connectivity index (χ2v) is 3.11. The third-order valence-corrected chi connectivity index (χ3v) is 2.38. The van der Waals surface area contributed by atoms with Crippen molar-refractivity contribution in [2.45, 2.75) is 32.6 Å². The maximum absolute atomic E-state index is 10.7. The van der Waals surface area contributed by atoms with Crippen LogP contribution < -0.4 is 0 Å². The first kappa shape index (κ1) is 9.89. The number of aromatic nitrogens is 3. The Morgan fingerprint density at radius 1 is 1.46 bits per heavy atom. The van der Waals surface area contributed by atoms with Crippen molar-refractivity contribution in [1.82, 2.24) is 15.0 Å². The molecule has 4 nitrogen and oxygen atoms in total. The maximum atomic E-state index is 10.7. The van der Waals surface area contributed by atoms with Crippen molar-refractivity contribution in [3.63, 3.8) is 0 Å². The summed E-state index contributed by atoms with van der Waals surface area (Å²) in [6.07, 6.45) is 2.80. The Morgan fingerprint density at radius 3 is 2.54 bits per heavy atom. The molecule has 0 saturated heterocycles. The molecule has 0 saturated carbocycles. The monoisotopic (exact) mass is 181 g/mol. The fourth-order valence-corrected chi connectivity index (χ4v) is 1.61. The van der Waals surface area contributed by atoms with Gasteiger partial charge >= 0.3 is 0 Å². The Kier molecular flexibility index (Phi) is 3.17. The second kappa shape index (κ2) is 4.16. The molecule has 0 atom stereocenters. The van der Waals surface area contributed by atoms with E-state index in [0.29, 0.717) is 11.6 Å². The molecule has 0 aliphatic heterocycles. The van der Waals surface area contributed by atoms with Crippen LogP contribution in [-0.2, 0) is 7.05 Å². The lowest BCUT2D eigenvalue weighted by Crippen LogP contribution is -2.06. The molecule has 0 unspecified atom stereocenters. The van der Waals surface area contributed by atoms with Gasteiger partial charge in [-0.05, 0) is 12.8 Å². The quantitative estimate of drug-likeness (QED) is 0.662. The highest BCUT2D eigenvalue weighted by Gasteiger charge is 2.17. The van der Waals surface area contributed by atoms with Gasteiger partial charge in [-0.2, -0.15) is 0 Å². The van der Waals surface area contributed by atoms with E-state index < -0.39 is 0 Å². The minimum absolute atomic E-state index is 0.389. The van der Waals surface area contributed by atoms with Crippen molar-refractivity contribution in [1.29, 1.82) is 0 Å². The number of hydrogen-bond donors (Lipinski definition) is 0. The van der Waals surface area contributed by atoms with Gasteiger partial charge in [-0.15, -0.1) is 5.10 Å². The molecule has 1 aromatic rings. The molecule has 4 heteroatoms. The SMILES string of the molecule is CCC(CC)c1c(C=O)nnn1C. The van der Waals surface area contributed by atoms with Gasteiger partial charge in [0.2, 0.25) is 0 Å². The van der Waals surface area contributed by atoms with Gasteiger partial charge in [0.25, 0.3) is 0 Å². The van der Waals surface area contributed by atoms with Gasteiger partial charge in [0, 0.05) is 13.0 Å². The summed E-state index contributed by atoms with van der Waals surface area (Å²) in [6, 6.07) is 0. The fourth-order valence-electron chi connectivity index (χ4n) is 1.61. The maximum Gasteiger partial charge on any atom is 0.172 e. The fraction of sp³-hybridized carbons (Fsp3) is 0.667. The van der Waals surface area contributed by atoms with Crippen LogP contribution in [0.15, 0.2) is 0 Å². The lowest BCUT2D eigenvalue weighted by Gasteiger charge is -2.11. The lowest BCUT2D eigenvalue weighted by molar-refractivity contribution is 0.111. The Balaban J connectivity index is 3.08. The Morgan fingerprint density at radius 2 is 2.08 bits per heavy atom. The van der Waals surface area contributed by atoms with Crippen LogP contribution in [0.25, 0.3) is 0 Å². The first-order valence-corrected chi connectivity index (χ1v) is 4.59. The minimum Gasteiger partial charge on any atom is -0.296 e. The molecule has 1 aromatic heterocycles. The Labute approximate surface area is 77.9 Å². The summed E-state index contributed by atoms with van der Waals surface area (Å²) in [5, 5.41) is 7.64. The van der Waals surface area contributed by atoms with Crippen LogP contribution in [0.2, 0.25) is 0 Å². The molecule has 0 amide bonds. The Bertz CT molecular complexity index is 289. The van der Waals surface area contributed by atoms with Crippen LogP contribution in [0, 0.1) is 0 Å². The third kappa shape index (κ3) is 1.76. The van der Waals surface area contributed by atoms with Crippen molar-refractivity contribution in [3.8, 4) is 0 Å². The number of rotatable bonds is 4. The van der Waals surface area contributed by atoms with Crippen LogP contribution in [0.3, 0.4) is 0 Å². The summed E-state index contributed by atoms with van der Waals surface area (Å²) in [4.78, 5) is 10.7. The molecule has 0 aliphatic carbocycles. The van der Waals surface area contributed by atoms with Crippen LogP contribution in [-0.4, -0.2) is 21.3 Å². The number of carbonyl (C=O) groups is 1. The highest BCUT2D eigenvalue weighted by atomic mass is 16.1. The molecule has 1 rings (SSSR count). The highest BCUT2D eigenvalue weighted by Crippen LogP contribution is 2.23. The molecule has 0 radical (unpaired) electrons. The molecule has 13 heavy (non-hydrogen) atoms. The van der Waals surface area contributed by atoms with Gasteiger partial charge in [0.1, 0.15) is 5.69 Å². The summed E-state index contributed by atoms with van der Waals surface area (Å²) < 4.78 is 1.70. The molecule has 0 aliphatic rings. The van der Waals surface area contributed by atoms with Gasteiger partial charge in [-0.1, -0.05) is 19.1 Å². The average Bonchev–Trinajstić information content (AvgIpc) is 2.51. The number of aryl methyl sites for hydroxylation is 1. The first-order valence-electron chi connectivity index (χ1n) is 4.59. The summed E-state index contributed by atoms with van der Waals surface area (Å²) in [5.74, 6) is 0.389. The van der Waals surface area contributed by atoms with Crippen LogP contribution in [0.4, 0.5) is 0 Å². The van der Waals surface area contributed by atoms with E-state index in [0.717, 1.165) is 24.8 Å². The summed E-state index contributed by atoms with van der Waals surface area (Å²) in [5.41, 5.74) is 1.44. The number of hydrogen-bond acceptors (Lipinski definition) is 3. The summed E-state index contributed by atoms with van der Waals surface area (Å²) in [7, 11) is 1.83. The van der Waals surface area contributed by atoms with E-state index in [-0.39, 0.29) is 0 Å². The van der Waals surface area contributed by atoms with E-state index in [1.54, 1.807) is 4.68 Å². The van der Waals surface area contributed by atoms with E-state index in [9.17, 15) is 4.79 Å². The van der Waals surface area contributed by atoms with Gasteiger partial charge in [0.05, 0.1) is 5.69 Å². The van der Waals surface area contributed by atoms with Gasteiger partial charge in [-0.3, -0.25) is 9.48 Å². The van der Waals surface area contributed by atoms with Crippen molar-refractivity contribution in [2.75, 3.05) is 0 Å². The molecule has 0 aromatic carbocycles. The second-order valence-electron chi connectivity index (χ2n) is 3.11. The lowest BCUT2D eigenvalue weighted by atomic mass is 9.98. The van der Waals surface area contributed by atoms with E-state index in [2.05, 4.69) is 24.2 Å². The zero-order valence-corrected chi connectivity index (χ0v) is 8.32. The number of nitrogens with zero attached hydrogens (tertiary/aromatic N) is 3. The molecule has 72 valence electrons. The first-order chi connectivity index (χ1) is 6.24. The molecular weight excluding hydrogens is 166 g/mol. The topological polar surface area (TPSA) is 47.8 Å². The normalized spacial score (nSPS) is 10.8. The van der Waals surface area contributed by atoms with Crippen molar-refractivity contribution in [2.24, 2.45) is 7.05 Å². The predicted molar refractivity (Wildman–Crippen MR) is 49.7 cm³/mol. The van der Waals surface area contributed by atoms with Crippen molar-refractivity contribution >= 4 is 6.29 Å². The third-order valence-electron chi connectivity index (χ3n) is 2.38. The Hall–Kier alpha value is -1.19. The summed E-state index contributed by atoms with van der Waals surface area (Å²) >= 11 is 0. The molecular formula is C9H15N3O. The van der Waals surface area contributed by atoms with Crippen molar-refractivity contribution < 1.29 is 4.79 Å². The van der Waals surface area contributed by atoms with Gasteiger partial charge in [-0.25, -0.2) is 0 Å². The van der Waals surface area contributed by atoms with Crippen LogP contribution in [0.5, 0.6) is 0 Å². The largest absolute Gasteiger partial charge is 0.296 e. The number of carbonyl (C=O) groups excluding carboxylic acids is 1. The highest BCUT2D eigenvalue weighted by molar-refractivity contribution is 5.73. The molecule has 0 fully saturated rings. The minimum atomic E-state index is 0.389. The van der Waals surface area contributed by atoms with Gasteiger partial charge in [0.15, 0.2) is 6.29 Å². The van der Waals surface area contributed by atoms with Crippen LogP contribution in [0.1, 0.15) is 48.8 Å². The van der Waals surface area contributed by atoms with Crippen molar-refractivity contribution in [3.05, 3.63) is 11.4 Å². The molecule has 1 heterocycles.